The standard InChI is InChI=1S/C16H18ClN3/c1-10-11(2)16(20-19-15(10)17)18-14-9-5-7-12-6-3-4-8-13(12)14/h3-4,6,8,14H,5,7,9H2,1-2H3,(H,18,20). The number of hydrogen-bond donors (Lipinski definition) is 1. The van der Waals surface area contributed by atoms with Crippen LogP contribution in [0.5, 0.6) is 0 Å². The normalized spacial score (nSPS) is 17.6. The number of anilines is 1. The second-order valence-corrected chi connectivity index (χ2v) is 5.74. The maximum Gasteiger partial charge on any atom is 0.155 e. The summed E-state index contributed by atoms with van der Waals surface area (Å²) in [6, 6.07) is 8.95. The van der Waals surface area contributed by atoms with Gasteiger partial charge in [0.15, 0.2) is 11.0 Å². The summed E-state index contributed by atoms with van der Waals surface area (Å²) < 4.78 is 0. The van der Waals surface area contributed by atoms with E-state index in [4.69, 9.17) is 11.6 Å². The molecule has 104 valence electrons. The number of aromatic nitrogens is 2. The molecule has 1 aliphatic carbocycles. The van der Waals surface area contributed by atoms with Crippen molar-refractivity contribution in [2.24, 2.45) is 0 Å². The Morgan fingerprint density at radius 1 is 1.15 bits per heavy atom. The van der Waals surface area contributed by atoms with E-state index in [-0.39, 0.29) is 0 Å². The van der Waals surface area contributed by atoms with Gasteiger partial charge in [0.1, 0.15) is 0 Å². The van der Waals surface area contributed by atoms with Crippen LogP contribution in [0.3, 0.4) is 0 Å². The van der Waals surface area contributed by atoms with Crippen LogP contribution in [0.1, 0.15) is 41.1 Å². The predicted octanol–water partition coefficient (Wildman–Crippen LogP) is 4.24. The molecule has 0 bridgehead atoms. The summed E-state index contributed by atoms with van der Waals surface area (Å²) in [5, 5.41) is 12.3. The first kappa shape index (κ1) is 13.4. The largest absolute Gasteiger partial charge is 0.362 e. The number of hydrogen-bond acceptors (Lipinski definition) is 3. The quantitative estimate of drug-likeness (QED) is 0.898. The predicted molar refractivity (Wildman–Crippen MR) is 82.3 cm³/mol. The number of nitrogens with one attached hydrogen (secondary N) is 1. The Morgan fingerprint density at radius 2 is 1.95 bits per heavy atom. The van der Waals surface area contributed by atoms with Crippen LogP contribution < -0.4 is 5.32 Å². The third-order valence-electron chi connectivity index (χ3n) is 4.15. The Kier molecular flexibility index (Phi) is 3.62. The number of halogens is 1. The zero-order valence-electron chi connectivity index (χ0n) is 11.8. The molecule has 0 amide bonds. The zero-order chi connectivity index (χ0) is 14.1. The second-order valence-electron chi connectivity index (χ2n) is 5.38. The average molecular weight is 288 g/mol. The van der Waals surface area contributed by atoms with Gasteiger partial charge in [-0.25, -0.2) is 0 Å². The van der Waals surface area contributed by atoms with Crippen molar-refractivity contribution in [2.75, 3.05) is 5.32 Å². The SMILES string of the molecule is Cc1c(Cl)nnc(NC2CCCc3ccccc32)c1C. The summed E-state index contributed by atoms with van der Waals surface area (Å²) in [6.45, 7) is 4.01. The van der Waals surface area contributed by atoms with Gasteiger partial charge in [-0.3, -0.25) is 0 Å². The van der Waals surface area contributed by atoms with E-state index in [2.05, 4.69) is 39.8 Å². The Balaban J connectivity index is 1.92. The first-order chi connectivity index (χ1) is 9.66. The molecule has 0 saturated carbocycles. The topological polar surface area (TPSA) is 37.8 Å². The van der Waals surface area contributed by atoms with E-state index in [9.17, 15) is 0 Å². The monoisotopic (exact) mass is 287 g/mol. The summed E-state index contributed by atoms with van der Waals surface area (Å²) in [4.78, 5) is 0. The van der Waals surface area contributed by atoms with Gasteiger partial charge >= 0.3 is 0 Å². The van der Waals surface area contributed by atoms with E-state index in [0.29, 0.717) is 11.2 Å². The van der Waals surface area contributed by atoms with Gasteiger partial charge in [-0.1, -0.05) is 35.9 Å². The Hall–Kier alpha value is -1.61. The molecule has 1 unspecified atom stereocenters. The highest BCUT2D eigenvalue weighted by molar-refractivity contribution is 6.30. The molecule has 1 aliphatic rings. The molecule has 3 rings (SSSR count). The highest BCUT2D eigenvalue weighted by Gasteiger charge is 2.21. The molecular weight excluding hydrogens is 270 g/mol. The summed E-state index contributed by atoms with van der Waals surface area (Å²) in [7, 11) is 0. The molecule has 0 spiro atoms. The molecule has 1 aromatic heterocycles. The van der Waals surface area contributed by atoms with Crippen LogP contribution in [0.4, 0.5) is 5.82 Å². The Bertz CT molecular complexity index is 640. The van der Waals surface area contributed by atoms with Gasteiger partial charge in [0.2, 0.25) is 0 Å². The lowest BCUT2D eigenvalue weighted by molar-refractivity contribution is 0.597. The van der Waals surface area contributed by atoms with E-state index in [0.717, 1.165) is 23.4 Å². The van der Waals surface area contributed by atoms with Crippen LogP contribution in [0, 0.1) is 13.8 Å². The molecule has 1 atom stereocenters. The van der Waals surface area contributed by atoms with Gasteiger partial charge in [0, 0.05) is 0 Å². The molecule has 20 heavy (non-hydrogen) atoms. The molecule has 3 nitrogen and oxygen atoms in total. The maximum atomic E-state index is 6.01. The Labute approximate surface area is 124 Å². The molecule has 2 aromatic rings. The minimum absolute atomic E-state index is 0.313. The molecule has 0 aliphatic heterocycles. The summed E-state index contributed by atoms with van der Waals surface area (Å²) in [6.07, 6.45) is 3.49. The molecule has 0 fully saturated rings. The number of fused-ring (bicyclic) bond motifs is 1. The fourth-order valence-electron chi connectivity index (χ4n) is 2.78. The average Bonchev–Trinajstić information content (AvgIpc) is 2.48. The maximum absolute atomic E-state index is 6.01. The number of aryl methyl sites for hydroxylation is 1. The second kappa shape index (κ2) is 5.41. The van der Waals surface area contributed by atoms with Gasteiger partial charge in [-0.2, -0.15) is 0 Å². The third kappa shape index (κ3) is 2.38. The highest BCUT2D eigenvalue weighted by atomic mass is 35.5. The van der Waals surface area contributed by atoms with E-state index in [1.807, 2.05) is 13.8 Å². The highest BCUT2D eigenvalue weighted by Crippen LogP contribution is 2.33. The van der Waals surface area contributed by atoms with E-state index >= 15 is 0 Å². The van der Waals surface area contributed by atoms with Gasteiger partial charge in [0.05, 0.1) is 6.04 Å². The van der Waals surface area contributed by atoms with Gasteiger partial charge in [-0.05, 0) is 55.4 Å². The van der Waals surface area contributed by atoms with Crippen molar-refractivity contribution < 1.29 is 0 Å². The first-order valence-electron chi connectivity index (χ1n) is 7.00. The van der Waals surface area contributed by atoms with Gasteiger partial charge < -0.3 is 5.32 Å². The van der Waals surface area contributed by atoms with Crippen LogP contribution in [0.2, 0.25) is 5.15 Å². The first-order valence-corrected chi connectivity index (χ1v) is 7.38. The van der Waals surface area contributed by atoms with Gasteiger partial charge in [0.25, 0.3) is 0 Å². The lowest BCUT2D eigenvalue weighted by Crippen LogP contribution is -2.19. The van der Waals surface area contributed by atoms with E-state index < -0.39 is 0 Å². The molecule has 0 saturated heterocycles. The fourth-order valence-corrected chi connectivity index (χ4v) is 2.96. The van der Waals surface area contributed by atoms with Crippen LogP contribution >= 0.6 is 11.6 Å². The number of nitrogens with zero attached hydrogens (tertiary/aromatic N) is 2. The van der Waals surface area contributed by atoms with Crippen molar-refractivity contribution in [1.82, 2.24) is 10.2 Å². The smallest absolute Gasteiger partial charge is 0.155 e. The molecule has 4 heteroatoms. The van der Waals surface area contributed by atoms with Gasteiger partial charge in [-0.15, -0.1) is 10.2 Å². The van der Waals surface area contributed by atoms with Crippen molar-refractivity contribution in [1.29, 1.82) is 0 Å². The summed E-state index contributed by atoms with van der Waals surface area (Å²) in [5.74, 6) is 0.841. The van der Waals surface area contributed by atoms with Crippen molar-refractivity contribution in [3.8, 4) is 0 Å². The van der Waals surface area contributed by atoms with E-state index in [1.165, 1.54) is 24.0 Å². The molecule has 1 N–H and O–H groups in total. The lowest BCUT2D eigenvalue weighted by atomic mass is 9.87. The lowest BCUT2D eigenvalue weighted by Gasteiger charge is -2.27. The van der Waals surface area contributed by atoms with Crippen molar-refractivity contribution in [2.45, 2.75) is 39.2 Å². The fraction of sp³-hybridized carbons (Fsp3) is 0.375. The third-order valence-corrected chi connectivity index (χ3v) is 4.50. The molecular formula is C16H18ClN3. The summed E-state index contributed by atoms with van der Waals surface area (Å²) >= 11 is 6.01. The van der Waals surface area contributed by atoms with Crippen LogP contribution in [-0.2, 0) is 6.42 Å². The minimum Gasteiger partial charge on any atom is -0.362 e. The number of benzene rings is 1. The zero-order valence-corrected chi connectivity index (χ0v) is 12.5. The van der Waals surface area contributed by atoms with Crippen LogP contribution in [-0.4, -0.2) is 10.2 Å². The van der Waals surface area contributed by atoms with E-state index in [1.54, 1.807) is 0 Å². The van der Waals surface area contributed by atoms with Crippen molar-refractivity contribution in [3.63, 3.8) is 0 Å². The molecule has 0 radical (unpaired) electrons. The summed E-state index contributed by atoms with van der Waals surface area (Å²) in [5.41, 5.74) is 4.89. The minimum atomic E-state index is 0.313. The number of rotatable bonds is 2. The molecule has 1 aromatic carbocycles. The van der Waals surface area contributed by atoms with Crippen LogP contribution in [0.25, 0.3) is 0 Å². The van der Waals surface area contributed by atoms with Crippen molar-refractivity contribution >= 4 is 17.4 Å². The van der Waals surface area contributed by atoms with Crippen LogP contribution in [0.15, 0.2) is 24.3 Å². The van der Waals surface area contributed by atoms with Crippen molar-refractivity contribution in [3.05, 3.63) is 51.7 Å². The molecule has 1 heterocycles. The Morgan fingerprint density at radius 3 is 2.80 bits per heavy atom.